The number of nitrogens with two attached hydrogens (primary N) is 1. The number of sulfonamides is 1. The predicted octanol–water partition coefficient (Wildman–Crippen LogP) is 2.40. The number of anilines is 1. The van der Waals surface area contributed by atoms with E-state index in [1.807, 2.05) is 18.2 Å². The van der Waals surface area contributed by atoms with Crippen LogP contribution in [-0.2, 0) is 19.7 Å². The van der Waals surface area contributed by atoms with Gasteiger partial charge < -0.3 is 20.6 Å². The highest BCUT2D eigenvalue weighted by Crippen LogP contribution is 2.22. The number of ether oxygens (including phenoxy) is 1. The SMILES string of the molecule is CN(C)S(=O)(=O)c1cccc(NC(=O)CO/N=C(/N)c2cccnc2Oc2ccccc2)c1. The van der Waals surface area contributed by atoms with Gasteiger partial charge in [-0.3, -0.25) is 4.79 Å². The zero-order chi connectivity index (χ0) is 23.8. The molecule has 3 N–H and O–H groups in total. The second kappa shape index (κ2) is 10.6. The van der Waals surface area contributed by atoms with Crippen LogP contribution in [0.5, 0.6) is 11.6 Å². The molecular weight excluding hydrogens is 446 g/mol. The van der Waals surface area contributed by atoms with E-state index in [0.717, 1.165) is 4.31 Å². The molecule has 0 atom stereocenters. The fraction of sp³-hybridized carbons (Fsp3) is 0.136. The second-order valence-electron chi connectivity index (χ2n) is 6.88. The van der Waals surface area contributed by atoms with Gasteiger partial charge in [0, 0.05) is 26.0 Å². The van der Waals surface area contributed by atoms with Gasteiger partial charge in [0.2, 0.25) is 15.9 Å². The van der Waals surface area contributed by atoms with Crippen LogP contribution in [0.2, 0.25) is 0 Å². The van der Waals surface area contributed by atoms with E-state index in [2.05, 4.69) is 15.5 Å². The van der Waals surface area contributed by atoms with Crippen LogP contribution in [0.3, 0.4) is 0 Å². The van der Waals surface area contributed by atoms with E-state index in [1.165, 1.54) is 32.3 Å². The number of aromatic nitrogens is 1. The Kier molecular flexibility index (Phi) is 7.59. The summed E-state index contributed by atoms with van der Waals surface area (Å²) in [6.07, 6.45) is 1.55. The van der Waals surface area contributed by atoms with Gasteiger partial charge in [0.25, 0.3) is 5.91 Å². The molecule has 33 heavy (non-hydrogen) atoms. The molecule has 0 radical (unpaired) electrons. The minimum Gasteiger partial charge on any atom is -0.438 e. The van der Waals surface area contributed by atoms with Gasteiger partial charge >= 0.3 is 0 Å². The molecule has 0 spiro atoms. The highest BCUT2D eigenvalue weighted by molar-refractivity contribution is 7.89. The third-order valence-electron chi connectivity index (χ3n) is 4.26. The molecule has 11 heteroatoms. The summed E-state index contributed by atoms with van der Waals surface area (Å²) in [5.41, 5.74) is 6.68. The monoisotopic (exact) mass is 469 g/mol. The Hall–Kier alpha value is -3.96. The van der Waals surface area contributed by atoms with Crippen LogP contribution in [0.4, 0.5) is 5.69 Å². The number of nitrogens with zero attached hydrogens (tertiary/aromatic N) is 3. The van der Waals surface area contributed by atoms with Gasteiger partial charge in [-0.15, -0.1) is 0 Å². The van der Waals surface area contributed by atoms with Crippen molar-refractivity contribution in [3.05, 3.63) is 78.5 Å². The molecule has 0 aliphatic carbocycles. The molecule has 0 bridgehead atoms. The smallest absolute Gasteiger partial charge is 0.265 e. The van der Waals surface area contributed by atoms with Crippen molar-refractivity contribution in [2.75, 3.05) is 26.0 Å². The number of carbonyl (C=O) groups is 1. The first-order chi connectivity index (χ1) is 15.8. The van der Waals surface area contributed by atoms with E-state index in [9.17, 15) is 13.2 Å². The van der Waals surface area contributed by atoms with Gasteiger partial charge in [0.1, 0.15) is 5.75 Å². The Morgan fingerprint density at radius 3 is 2.58 bits per heavy atom. The summed E-state index contributed by atoms with van der Waals surface area (Å²) in [7, 11) is -0.774. The van der Waals surface area contributed by atoms with Crippen molar-refractivity contribution in [2.45, 2.75) is 4.90 Å². The van der Waals surface area contributed by atoms with Crippen LogP contribution in [0, 0.1) is 0 Å². The summed E-state index contributed by atoms with van der Waals surface area (Å²) in [6.45, 7) is -0.444. The molecular formula is C22H23N5O5S. The first-order valence-corrected chi connectivity index (χ1v) is 11.2. The van der Waals surface area contributed by atoms with Crippen molar-refractivity contribution >= 4 is 27.5 Å². The highest BCUT2D eigenvalue weighted by Gasteiger charge is 2.17. The van der Waals surface area contributed by atoms with Crippen molar-refractivity contribution in [1.82, 2.24) is 9.29 Å². The van der Waals surface area contributed by atoms with E-state index >= 15 is 0 Å². The molecule has 1 amide bonds. The lowest BCUT2D eigenvalue weighted by molar-refractivity contribution is -0.120. The molecule has 0 aliphatic rings. The Morgan fingerprint density at radius 1 is 1.09 bits per heavy atom. The molecule has 0 saturated heterocycles. The van der Waals surface area contributed by atoms with Crippen molar-refractivity contribution < 1.29 is 22.8 Å². The molecule has 2 aromatic carbocycles. The minimum atomic E-state index is -3.63. The number of amides is 1. The van der Waals surface area contributed by atoms with Crippen molar-refractivity contribution in [3.63, 3.8) is 0 Å². The Labute approximate surface area is 191 Å². The second-order valence-corrected chi connectivity index (χ2v) is 9.04. The standard InChI is InChI=1S/C22H23N5O5S/c1-27(2)33(29,30)18-11-6-8-16(14-18)25-20(28)15-31-26-21(23)19-12-7-13-24-22(19)32-17-9-4-3-5-10-17/h3-14H,15H2,1-2H3,(H2,23,26)(H,25,28). The normalized spacial score (nSPS) is 11.8. The number of hydrogen-bond donors (Lipinski definition) is 2. The third-order valence-corrected chi connectivity index (χ3v) is 6.07. The maximum absolute atomic E-state index is 12.2. The summed E-state index contributed by atoms with van der Waals surface area (Å²) in [4.78, 5) is 21.5. The number of pyridine rings is 1. The van der Waals surface area contributed by atoms with Crippen LogP contribution in [0.15, 0.2) is 83.0 Å². The zero-order valence-corrected chi connectivity index (χ0v) is 18.8. The van der Waals surface area contributed by atoms with Crippen LogP contribution < -0.4 is 15.8 Å². The lowest BCUT2D eigenvalue weighted by Gasteiger charge is -2.12. The average molecular weight is 470 g/mol. The third kappa shape index (κ3) is 6.28. The molecule has 3 rings (SSSR count). The van der Waals surface area contributed by atoms with E-state index in [4.69, 9.17) is 15.3 Å². The largest absolute Gasteiger partial charge is 0.438 e. The first kappa shape index (κ1) is 23.7. The predicted molar refractivity (Wildman–Crippen MR) is 123 cm³/mol. The van der Waals surface area contributed by atoms with Gasteiger partial charge in [-0.05, 0) is 42.5 Å². The summed E-state index contributed by atoms with van der Waals surface area (Å²) in [5.74, 6) is 0.236. The first-order valence-electron chi connectivity index (χ1n) is 9.73. The number of para-hydroxylation sites is 1. The summed E-state index contributed by atoms with van der Waals surface area (Å²) in [6, 6.07) is 18.2. The fourth-order valence-electron chi connectivity index (χ4n) is 2.62. The van der Waals surface area contributed by atoms with Crippen molar-refractivity contribution in [3.8, 4) is 11.6 Å². The number of amidine groups is 1. The number of hydrogen-bond acceptors (Lipinski definition) is 7. The molecule has 10 nitrogen and oxygen atoms in total. The molecule has 0 saturated carbocycles. The van der Waals surface area contributed by atoms with Crippen LogP contribution in [0.1, 0.15) is 5.56 Å². The Balaban J connectivity index is 1.62. The zero-order valence-electron chi connectivity index (χ0n) is 18.0. The molecule has 3 aromatic rings. The number of benzene rings is 2. The van der Waals surface area contributed by atoms with Gasteiger partial charge in [0.05, 0.1) is 10.5 Å². The summed E-state index contributed by atoms with van der Waals surface area (Å²) in [5, 5.41) is 6.33. The molecule has 1 aromatic heterocycles. The van der Waals surface area contributed by atoms with E-state index in [-0.39, 0.29) is 16.6 Å². The maximum Gasteiger partial charge on any atom is 0.265 e. The Bertz CT molecular complexity index is 1250. The fourth-order valence-corrected chi connectivity index (χ4v) is 3.57. The molecule has 0 fully saturated rings. The van der Waals surface area contributed by atoms with Crippen LogP contribution in [-0.4, -0.2) is 50.2 Å². The van der Waals surface area contributed by atoms with Gasteiger partial charge in [0.15, 0.2) is 12.4 Å². The van der Waals surface area contributed by atoms with Gasteiger partial charge in [-0.25, -0.2) is 17.7 Å². The molecule has 172 valence electrons. The van der Waals surface area contributed by atoms with E-state index in [1.54, 1.807) is 36.5 Å². The molecule has 0 unspecified atom stereocenters. The Morgan fingerprint density at radius 2 is 1.85 bits per heavy atom. The van der Waals surface area contributed by atoms with Crippen molar-refractivity contribution in [2.24, 2.45) is 10.9 Å². The van der Waals surface area contributed by atoms with Gasteiger partial charge in [-0.1, -0.05) is 29.4 Å². The van der Waals surface area contributed by atoms with E-state index < -0.39 is 22.5 Å². The molecule has 1 heterocycles. The quantitative estimate of drug-likeness (QED) is 0.279. The number of nitrogens with one attached hydrogen (secondary N) is 1. The minimum absolute atomic E-state index is 0.0269. The lowest BCUT2D eigenvalue weighted by atomic mass is 10.2. The molecule has 0 aliphatic heterocycles. The maximum atomic E-state index is 12.2. The number of oxime groups is 1. The van der Waals surface area contributed by atoms with Crippen LogP contribution in [0.25, 0.3) is 0 Å². The van der Waals surface area contributed by atoms with E-state index in [0.29, 0.717) is 17.0 Å². The topological polar surface area (TPSA) is 136 Å². The van der Waals surface area contributed by atoms with Crippen LogP contribution >= 0.6 is 0 Å². The lowest BCUT2D eigenvalue weighted by Crippen LogP contribution is -2.23. The average Bonchev–Trinajstić information content (AvgIpc) is 2.80. The number of carbonyl (C=O) groups excluding carboxylic acids is 1. The van der Waals surface area contributed by atoms with Crippen molar-refractivity contribution in [1.29, 1.82) is 0 Å². The highest BCUT2D eigenvalue weighted by atomic mass is 32.2. The van der Waals surface area contributed by atoms with Gasteiger partial charge in [-0.2, -0.15) is 0 Å². The number of rotatable bonds is 9. The summed E-state index contributed by atoms with van der Waals surface area (Å²) < 4.78 is 31.3. The summed E-state index contributed by atoms with van der Waals surface area (Å²) >= 11 is 0.